The second-order valence-electron chi connectivity index (χ2n) is 5.88. The fourth-order valence-electron chi connectivity index (χ4n) is 3.63. The summed E-state index contributed by atoms with van der Waals surface area (Å²) in [5.74, 6) is -1.18. The van der Waals surface area contributed by atoms with Gasteiger partial charge < -0.3 is 14.4 Å². The monoisotopic (exact) mass is 279 g/mol. The summed E-state index contributed by atoms with van der Waals surface area (Å²) >= 11 is 0. The first-order valence-electron chi connectivity index (χ1n) is 7.38. The quantitative estimate of drug-likeness (QED) is 0.572. The highest BCUT2D eigenvalue weighted by atomic mass is 16.6. The molecule has 3 aliphatic heterocycles. The third kappa shape index (κ3) is 1.65. The molecule has 5 heteroatoms. The number of hydrogen-bond donors (Lipinski definition) is 0. The molecule has 2 fully saturated rings. The summed E-state index contributed by atoms with van der Waals surface area (Å²) in [6.45, 7) is 6.74. The van der Waals surface area contributed by atoms with Crippen molar-refractivity contribution in [3.05, 3.63) is 12.2 Å². The van der Waals surface area contributed by atoms with E-state index in [1.54, 1.807) is 6.92 Å². The molecule has 0 aromatic heterocycles. The van der Waals surface area contributed by atoms with Gasteiger partial charge in [0, 0.05) is 6.04 Å². The molecule has 2 saturated heterocycles. The largest absolute Gasteiger partial charge is 0.466 e. The lowest BCUT2D eigenvalue weighted by Gasteiger charge is -2.26. The van der Waals surface area contributed by atoms with E-state index < -0.39 is 17.4 Å². The average molecular weight is 279 g/mol. The van der Waals surface area contributed by atoms with Crippen LogP contribution >= 0.6 is 0 Å². The Balaban J connectivity index is 1.90. The summed E-state index contributed by atoms with van der Waals surface area (Å²) in [6, 6.07) is 0.168. The van der Waals surface area contributed by atoms with Crippen LogP contribution in [-0.2, 0) is 19.1 Å². The third-order valence-electron chi connectivity index (χ3n) is 4.81. The van der Waals surface area contributed by atoms with Crippen molar-refractivity contribution in [2.75, 3.05) is 13.2 Å². The van der Waals surface area contributed by atoms with Gasteiger partial charge in [-0.15, -0.1) is 0 Å². The number of nitrogens with zero attached hydrogens (tertiary/aromatic N) is 1. The predicted octanol–water partition coefficient (Wildman–Crippen LogP) is 1.13. The number of likely N-dealkylation sites (tertiary alicyclic amines) is 1. The van der Waals surface area contributed by atoms with Crippen LogP contribution < -0.4 is 0 Å². The van der Waals surface area contributed by atoms with Crippen LogP contribution in [0.5, 0.6) is 0 Å². The Morgan fingerprint density at radius 3 is 3.00 bits per heavy atom. The molecule has 3 rings (SSSR count). The highest BCUT2D eigenvalue weighted by Crippen LogP contribution is 2.52. The molecule has 0 aliphatic carbocycles. The molecule has 0 aromatic rings. The number of esters is 1. The molecular weight excluding hydrogens is 258 g/mol. The molecular formula is C15H21NO4. The van der Waals surface area contributed by atoms with Gasteiger partial charge in [0.1, 0.15) is 11.5 Å². The van der Waals surface area contributed by atoms with E-state index in [1.165, 1.54) is 0 Å². The van der Waals surface area contributed by atoms with Crippen LogP contribution in [0.1, 0.15) is 27.2 Å². The Kier molecular flexibility index (Phi) is 3.12. The van der Waals surface area contributed by atoms with E-state index in [-0.39, 0.29) is 24.0 Å². The van der Waals surface area contributed by atoms with Gasteiger partial charge >= 0.3 is 5.97 Å². The maximum absolute atomic E-state index is 12.7. The highest BCUT2D eigenvalue weighted by Gasteiger charge is 2.67. The summed E-state index contributed by atoms with van der Waals surface area (Å²) in [4.78, 5) is 26.7. The van der Waals surface area contributed by atoms with Gasteiger partial charge in [0.15, 0.2) is 0 Å². The van der Waals surface area contributed by atoms with E-state index in [0.29, 0.717) is 13.2 Å². The molecule has 0 unspecified atom stereocenters. The number of hydrogen-bond acceptors (Lipinski definition) is 4. The summed E-state index contributed by atoms with van der Waals surface area (Å²) < 4.78 is 11.1. The normalized spacial score (nSPS) is 39.2. The van der Waals surface area contributed by atoms with Gasteiger partial charge in [0.2, 0.25) is 5.91 Å². The molecule has 1 amide bonds. The molecule has 20 heavy (non-hydrogen) atoms. The maximum atomic E-state index is 12.7. The Labute approximate surface area is 118 Å². The van der Waals surface area contributed by atoms with Crippen LogP contribution in [0.4, 0.5) is 0 Å². The molecule has 1 spiro atoms. The average Bonchev–Trinajstić information content (AvgIpc) is 3.06. The molecule has 0 aromatic carbocycles. The molecule has 0 N–H and O–H groups in total. The van der Waals surface area contributed by atoms with Crippen LogP contribution in [0.2, 0.25) is 0 Å². The standard InChI is InChI=1S/C15H21NO4/c1-4-9(3)16-8-15-7-6-10(20-15)11(12(15)13(16)17)14(18)19-5-2/h6-7,9-12H,4-5,8H2,1-3H3/t9-,10-,11+,12-,15+/m1/s1. The van der Waals surface area contributed by atoms with Gasteiger partial charge in [-0.1, -0.05) is 19.1 Å². The van der Waals surface area contributed by atoms with Gasteiger partial charge in [-0.25, -0.2) is 0 Å². The van der Waals surface area contributed by atoms with Crippen molar-refractivity contribution in [1.29, 1.82) is 0 Å². The molecule has 110 valence electrons. The van der Waals surface area contributed by atoms with Crippen LogP contribution in [-0.4, -0.2) is 47.7 Å². The van der Waals surface area contributed by atoms with Crippen LogP contribution in [0.25, 0.3) is 0 Å². The number of ether oxygens (including phenoxy) is 2. The smallest absolute Gasteiger partial charge is 0.312 e. The molecule has 0 radical (unpaired) electrons. The van der Waals surface area contributed by atoms with E-state index >= 15 is 0 Å². The van der Waals surface area contributed by atoms with Gasteiger partial charge in [0.05, 0.1) is 25.2 Å². The van der Waals surface area contributed by atoms with Crippen LogP contribution in [0.3, 0.4) is 0 Å². The second-order valence-corrected chi connectivity index (χ2v) is 5.88. The highest BCUT2D eigenvalue weighted by molar-refractivity contribution is 5.91. The van der Waals surface area contributed by atoms with Crippen molar-refractivity contribution in [3.8, 4) is 0 Å². The van der Waals surface area contributed by atoms with Crippen LogP contribution in [0.15, 0.2) is 12.2 Å². The van der Waals surface area contributed by atoms with Crippen molar-refractivity contribution in [2.45, 2.75) is 44.9 Å². The first-order chi connectivity index (χ1) is 9.54. The van der Waals surface area contributed by atoms with Crippen molar-refractivity contribution in [2.24, 2.45) is 11.8 Å². The van der Waals surface area contributed by atoms with Gasteiger partial charge in [-0.3, -0.25) is 9.59 Å². The van der Waals surface area contributed by atoms with E-state index in [9.17, 15) is 9.59 Å². The Bertz CT molecular complexity index is 474. The zero-order valence-electron chi connectivity index (χ0n) is 12.2. The van der Waals surface area contributed by atoms with Crippen molar-refractivity contribution >= 4 is 11.9 Å². The second kappa shape index (κ2) is 4.58. The first kappa shape index (κ1) is 13.6. The number of rotatable bonds is 4. The van der Waals surface area contributed by atoms with E-state index in [1.807, 2.05) is 24.0 Å². The zero-order valence-corrected chi connectivity index (χ0v) is 12.2. The van der Waals surface area contributed by atoms with Crippen molar-refractivity contribution < 1.29 is 19.1 Å². The molecule has 3 heterocycles. The van der Waals surface area contributed by atoms with Gasteiger partial charge in [-0.2, -0.15) is 0 Å². The minimum atomic E-state index is -0.609. The summed E-state index contributed by atoms with van der Waals surface area (Å²) in [5.41, 5.74) is -0.609. The number of fused-ring (bicyclic) bond motifs is 1. The number of carbonyl (C=O) groups is 2. The van der Waals surface area contributed by atoms with Gasteiger partial charge in [-0.05, 0) is 20.3 Å². The van der Waals surface area contributed by atoms with E-state index in [2.05, 4.69) is 6.92 Å². The fourth-order valence-corrected chi connectivity index (χ4v) is 3.63. The zero-order chi connectivity index (χ0) is 14.5. The lowest BCUT2D eigenvalue weighted by atomic mass is 9.77. The van der Waals surface area contributed by atoms with E-state index in [4.69, 9.17) is 9.47 Å². The maximum Gasteiger partial charge on any atom is 0.312 e. The lowest BCUT2D eigenvalue weighted by Crippen LogP contribution is -2.41. The van der Waals surface area contributed by atoms with E-state index in [0.717, 1.165) is 6.42 Å². The molecule has 5 nitrogen and oxygen atoms in total. The summed E-state index contributed by atoms with van der Waals surface area (Å²) in [7, 11) is 0. The van der Waals surface area contributed by atoms with Crippen molar-refractivity contribution in [3.63, 3.8) is 0 Å². The van der Waals surface area contributed by atoms with Gasteiger partial charge in [0.25, 0.3) is 0 Å². The molecule has 5 atom stereocenters. The minimum Gasteiger partial charge on any atom is -0.466 e. The molecule has 2 bridgehead atoms. The van der Waals surface area contributed by atoms with Crippen molar-refractivity contribution in [1.82, 2.24) is 4.90 Å². The Morgan fingerprint density at radius 2 is 2.35 bits per heavy atom. The fraction of sp³-hybridized carbons (Fsp3) is 0.733. The lowest BCUT2D eigenvalue weighted by molar-refractivity contribution is -0.153. The Hall–Kier alpha value is -1.36. The molecule has 3 aliphatic rings. The van der Waals surface area contributed by atoms with Crippen LogP contribution in [0, 0.1) is 11.8 Å². The number of amides is 1. The third-order valence-corrected chi connectivity index (χ3v) is 4.81. The SMILES string of the molecule is CCOC(=O)[C@H]1[C@H]2C=C[C@@]3(CN([C@H](C)CC)C(=O)[C@@H]13)O2. The number of carbonyl (C=O) groups excluding carboxylic acids is 2. The first-order valence-corrected chi connectivity index (χ1v) is 7.38. The predicted molar refractivity (Wildman–Crippen MR) is 71.8 cm³/mol. The topological polar surface area (TPSA) is 55.8 Å². The molecule has 0 saturated carbocycles. The summed E-state index contributed by atoms with van der Waals surface area (Å²) in [5, 5.41) is 0. The minimum absolute atomic E-state index is 0.0317. The Morgan fingerprint density at radius 1 is 1.60 bits per heavy atom. The summed E-state index contributed by atoms with van der Waals surface area (Å²) in [6.07, 6.45) is 4.47.